The Balaban J connectivity index is 2.12. The van der Waals surface area contributed by atoms with Crippen LogP contribution in [0.1, 0.15) is 18.6 Å². The van der Waals surface area contributed by atoms with E-state index >= 15 is 0 Å². The van der Waals surface area contributed by atoms with Crippen LogP contribution in [0.25, 0.3) is 22.3 Å². The minimum absolute atomic E-state index is 0.131. The highest BCUT2D eigenvalue weighted by Gasteiger charge is 2.08. The van der Waals surface area contributed by atoms with E-state index in [1.165, 1.54) is 6.07 Å². The Kier molecular flexibility index (Phi) is 3.53. The molecule has 1 atom stereocenters. The fourth-order valence-corrected chi connectivity index (χ4v) is 2.37. The molecule has 0 aliphatic carbocycles. The first-order valence-electron chi connectivity index (χ1n) is 6.56. The highest BCUT2D eigenvalue weighted by atomic mass is 35.5. The third-order valence-corrected chi connectivity index (χ3v) is 3.60. The Bertz CT molecular complexity index is 848. The zero-order chi connectivity index (χ0) is 15.0. The second kappa shape index (κ2) is 5.35. The fraction of sp³-hybridized carbons (Fsp3) is 0.118. The van der Waals surface area contributed by atoms with Gasteiger partial charge in [-0.15, -0.1) is 0 Å². The molecule has 1 aromatic heterocycles. The molecule has 21 heavy (non-hydrogen) atoms. The molecule has 3 aromatic rings. The second-order valence-electron chi connectivity index (χ2n) is 4.91. The first-order chi connectivity index (χ1) is 10.0. The molecule has 0 saturated carbocycles. The van der Waals surface area contributed by atoms with Crippen molar-refractivity contribution in [3.63, 3.8) is 0 Å². The van der Waals surface area contributed by atoms with Crippen LogP contribution < -0.4 is 5.43 Å². The molecule has 2 aromatic carbocycles. The third kappa shape index (κ3) is 2.71. The Hall–Kier alpha value is -2.10. The summed E-state index contributed by atoms with van der Waals surface area (Å²) in [7, 11) is 0. The Morgan fingerprint density at radius 1 is 1.10 bits per heavy atom. The third-order valence-electron chi connectivity index (χ3n) is 3.37. The summed E-state index contributed by atoms with van der Waals surface area (Å²) >= 11 is 5.89. The van der Waals surface area contributed by atoms with Crippen LogP contribution in [0.3, 0.4) is 0 Å². The lowest BCUT2D eigenvalue weighted by Gasteiger charge is -2.07. The van der Waals surface area contributed by atoms with Gasteiger partial charge in [-0.05, 0) is 30.7 Å². The van der Waals surface area contributed by atoms with Crippen molar-refractivity contribution in [1.82, 2.24) is 0 Å². The van der Waals surface area contributed by atoms with Crippen molar-refractivity contribution >= 4 is 22.6 Å². The molecule has 0 spiro atoms. The van der Waals surface area contributed by atoms with Crippen LogP contribution in [0, 0.1) is 0 Å². The van der Waals surface area contributed by atoms with Gasteiger partial charge in [0, 0.05) is 16.7 Å². The highest BCUT2D eigenvalue weighted by molar-refractivity contribution is 6.31. The molecule has 0 aliphatic heterocycles. The zero-order valence-corrected chi connectivity index (χ0v) is 12.1. The summed E-state index contributed by atoms with van der Waals surface area (Å²) in [4.78, 5) is 12.1. The van der Waals surface area contributed by atoms with Gasteiger partial charge in [0.05, 0.1) is 11.5 Å². The summed E-state index contributed by atoms with van der Waals surface area (Å²) in [5, 5.41) is 10.5. The van der Waals surface area contributed by atoms with Crippen molar-refractivity contribution in [2.45, 2.75) is 13.0 Å². The van der Waals surface area contributed by atoms with E-state index in [4.69, 9.17) is 16.0 Å². The predicted molar refractivity (Wildman–Crippen MR) is 83.6 cm³/mol. The standard InChI is InChI=1S/C17H13ClO3/c1-10(19)11-2-4-12(5-3-11)17-9-15(20)14-8-13(18)6-7-16(14)21-17/h2-10,19H,1H3. The van der Waals surface area contributed by atoms with Gasteiger partial charge in [-0.3, -0.25) is 4.79 Å². The van der Waals surface area contributed by atoms with Crippen LogP contribution in [0.4, 0.5) is 0 Å². The van der Waals surface area contributed by atoms with Crippen LogP contribution in [0.2, 0.25) is 5.02 Å². The van der Waals surface area contributed by atoms with Gasteiger partial charge in [0.2, 0.25) is 0 Å². The molecule has 0 bridgehead atoms. The molecule has 1 heterocycles. The number of fused-ring (bicyclic) bond motifs is 1. The summed E-state index contributed by atoms with van der Waals surface area (Å²) in [5.41, 5.74) is 1.97. The molecule has 3 rings (SSSR count). The maximum Gasteiger partial charge on any atom is 0.193 e. The number of aliphatic hydroxyl groups excluding tert-OH is 1. The lowest BCUT2D eigenvalue weighted by atomic mass is 10.1. The monoisotopic (exact) mass is 300 g/mol. The van der Waals surface area contributed by atoms with Gasteiger partial charge in [0.25, 0.3) is 0 Å². The van der Waals surface area contributed by atoms with Crippen LogP contribution in [0.15, 0.2) is 57.7 Å². The van der Waals surface area contributed by atoms with Gasteiger partial charge >= 0.3 is 0 Å². The molecule has 0 fully saturated rings. The van der Waals surface area contributed by atoms with Gasteiger partial charge in [-0.25, -0.2) is 0 Å². The summed E-state index contributed by atoms with van der Waals surface area (Å²) < 4.78 is 5.76. The van der Waals surface area contributed by atoms with Crippen molar-refractivity contribution in [2.75, 3.05) is 0 Å². The molecule has 1 N–H and O–H groups in total. The van der Waals surface area contributed by atoms with Gasteiger partial charge in [-0.2, -0.15) is 0 Å². The average Bonchev–Trinajstić information content (AvgIpc) is 2.48. The van der Waals surface area contributed by atoms with Crippen molar-refractivity contribution in [1.29, 1.82) is 0 Å². The topological polar surface area (TPSA) is 50.4 Å². The minimum Gasteiger partial charge on any atom is -0.456 e. The summed E-state index contributed by atoms with van der Waals surface area (Å²) in [5.74, 6) is 0.493. The molecular weight excluding hydrogens is 288 g/mol. The van der Waals surface area contributed by atoms with E-state index in [0.29, 0.717) is 21.8 Å². The normalized spacial score (nSPS) is 12.5. The van der Waals surface area contributed by atoms with Crippen molar-refractivity contribution < 1.29 is 9.52 Å². The summed E-state index contributed by atoms with van der Waals surface area (Å²) in [6.07, 6.45) is -0.523. The van der Waals surface area contributed by atoms with Gasteiger partial charge < -0.3 is 9.52 Å². The quantitative estimate of drug-likeness (QED) is 0.773. The number of halogens is 1. The number of aliphatic hydroxyl groups is 1. The second-order valence-corrected chi connectivity index (χ2v) is 5.35. The number of rotatable bonds is 2. The van der Waals surface area contributed by atoms with Gasteiger partial charge in [0.1, 0.15) is 11.3 Å². The van der Waals surface area contributed by atoms with E-state index in [2.05, 4.69) is 0 Å². The predicted octanol–water partition coefficient (Wildman–Crippen LogP) is 4.17. The Morgan fingerprint density at radius 3 is 2.48 bits per heavy atom. The average molecular weight is 301 g/mol. The SMILES string of the molecule is CC(O)c1ccc(-c2cc(=O)c3cc(Cl)ccc3o2)cc1. The molecule has 0 saturated heterocycles. The Morgan fingerprint density at radius 2 is 1.81 bits per heavy atom. The van der Waals surface area contributed by atoms with E-state index in [9.17, 15) is 9.90 Å². The van der Waals surface area contributed by atoms with Gasteiger partial charge in [0.15, 0.2) is 5.43 Å². The maximum atomic E-state index is 12.1. The molecule has 0 amide bonds. The van der Waals surface area contributed by atoms with Crippen LogP contribution in [0.5, 0.6) is 0 Å². The first-order valence-corrected chi connectivity index (χ1v) is 6.94. The van der Waals surface area contributed by atoms with E-state index in [0.717, 1.165) is 11.1 Å². The van der Waals surface area contributed by atoms with Crippen molar-refractivity contribution in [3.8, 4) is 11.3 Å². The van der Waals surface area contributed by atoms with E-state index in [-0.39, 0.29) is 5.43 Å². The van der Waals surface area contributed by atoms with Crippen LogP contribution in [-0.4, -0.2) is 5.11 Å². The molecule has 106 valence electrons. The Labute approximate surface area is 126 Å². The lowest BCUT2D eigenvalue weighted by Crippen LogP contribution is -2.00. The fourth-order valence-electron chi connectivity index (χ4n) is 2.20. The molecule has 1 unspecified atom stereocenters. The number of hydrogen-bond donors (Lipinski definition) is 1. The molecule has 4 heteroatoms. The minimum atomic E-state index is -0.523. The van der Waals surface area contributed by atoms with Crippen molar-refractivity contribution in [3.05, 3.63) is 69.3 Å². The number of benzene rings is 2. The summed E-state index contributed by atoms with van der Waals surface area (Å²) in [6, 6.07) is 13.7. The van der Waals surface area contributed by atoms with Crippen LogP contribution in [-0.2, 0) is 0 Å². The van der Waals surface area contributed by atoms with Crippen molar-refractivity contribution in [2.24, 2.45) is 0 Å². The maximum absolute atomic E-state index is 12.1. The van der Waals surface area contributed by atoms with Crippen LogP contribution >= 0.6 is 11.6 Å². The largest absolute Gasteiger partial charge is 0.456 e. The molecule has 0 radical (unpaired) electrons. The first kappa shape index (κ1) is 13.9. The van der Waals surface area contributed by atoms with Gasteiger partial charge in [-0.1, -0.05) is 35.9 Å². The highest BCUT2D eigenvalue weighted by Crippen LogP contribution is 2.25. The lowest BCUT2D eigenvalue weighted by molar-refractivity contribution is 0.199. The molecule has 0 aliphatic rings. The van der Waals surface area contributed by atoms with E-state index < -0.39 is 6.10 Å². The van der Waals surface area contributed by atoms with E-state index in [1.54, 1.807) is 25.1 Å². The molecule has 3 nitrogen and oxygen atoms in total. The number of hydrogen-bond acceptors (Lipinski definition) is 3. The summed E-state index contributed by atoms with van der Waals surface area (Å²) in [6.45, 7) is 1.70. The van der Waals surface area contributed by atoms with E-state index in [1.807, 2.05) is 24.3 Å². The zero-order valence-electron chi connectivity index (χ0n) is 11.3. The molecular formula is C17H13ClO3. The smallest absolute Gasteiger partial charge is 0.193 e.